The number of carbonyl (C=O) groups excluding carboxylic acids is 1. The Labute approximate surface area is 137 Å². The zero-order chi connectivity index (χ0) is 16.2. The van der Waals surface area contributed by atoms with Gasteiger partial charge in [0.25, 0.3) is 5.91 Å². The van der Waals surface area contributed by atoms with Crippen molar-refractivity contribution in [2.75, 3.05) is 5.75 Å². The van der Waals surface area contributed by atoms with Gasteiger partial charge >= 0.3 is 6.61 Å². The van der Waals surface area contributed by atoms with Gasteiger partial charge in [-0.1, -0.05) is 30.3 Å². The topological polar surface area (TPSA) is 38.3 Å². The first kappa shape index (κ1) is 15.8. The van der Waals surface area contributed by atoms with E-state index < -0.39 is 12.5 Å². The highest BCUT2D eigenvalue weighted by Crippen LogP contribution is 2.36. The van der Waals surface area contributed by atoms with Crippen LogP contribution in [0, 0.1) is 0 Å². The normalized spacial score (nSPS) is 16.7. The maximum Gasteiger partial charge on any atom is 0.387 e. The van der Waals surface area contributed by atoms with Crippen LogP contribution in [0.2, 0.25) is 0 Å². The fourth-order valence-corrected chi connectivity index (χ4v) is 3.71. The fraction of sp³-hybridized carbons (Fsp3) is 0.235. The molecule has 2 aromatic rings. The van der Waals surface area contributed by atoms with Gasteiger partial charge in [-0.25, -0.2) is 0 Å². The number of rotatable bonds is 4. The quantitative estimate of drug-likeness (QED) is 0.907. The van der Waals surface area contributed by atoms with E-state index >= 15 is 0 Å². The molecule has 1 heterocycles. The molecule has 23 heavy (non-hydrogen) atoms. The van der Waals surface area contributed by atoms with E-state index in [9.17, 15) is 13.6 Å². The van der Waals surface area contributed by atoms with E-state index in [-0.39, 0.29) is 17.4 Å². The Morgan fingerprint density at radius 3 is 2.74 bits per heavy atom. The summed E-state index contributed by atoms with van der Waals surface area (Å²) < 4.78 is 29.4. The van der Waals surface area contributed by atoms with Crippen molar-refractivity contribution in [2.45, 2.75) is 24.0 Å². The second-order valence-electron chi connectivity index (χ2n) is 5.08. The molecule has 0 aromatic heterocycles. The maximum atomic E-state index is 12.5. The van der Waals surface area contributed by atoms with Crippen LogP contribution in [-0.4, -0.2) is 18.3 Å². The highest BCUT2D eigenvalue weighted by molar-refractivity contribution is 7.99. The predicted octanol–water partition coefficient (Wildman–Crippen LogP) is 4.25. The highest BCUT2D eigenvalue weighted by atomic mass is 32.2. The number of halogens is 2. The Hall–Kier alpha value is -2.08. The molecule has 3 nitrogen and oxygen atoms in total. The smallest absolute Gasteiger partial charge is 0.387 e. The molecule has 0 saturated heterocycles. The van der Waals surface area contributed by atoms with Crippen molar-refractivity contribution in [1.29, 1.82) is 0 Å². The largest absolute Gasteiger partial charge is 0.434 e. The Morgan fingerprint density at radius 2 is 1.91 bits per heavy atom. The standard InChI is InChI=1S/C17H15F2NO2S/c18-17(19)22-14-7-3-1-6-12(14)16(21)20-13-9-10-23-15-8-4-2-5-11(13)15/h1-8,13,17H,9-10H2,(H,20,21). The van der Waals surface area contributed by atoms with Crippen molar-refractivity contribution in [3.05, 3.63) is 59.7 Å². The van der Waals surface area contributed by atoms with E-state index in [1.807, 2.05) is 24.3 Å². The molecular weight excluding hydrogens is 320 g/mol. The molecule has 1 amide bonds. The molecule has 120 valence electrons. The van der Waals surface area contributed by atoms with Crippen LogP contribution < -0.4 is 10.1 Å². The average Bonchev–Trinajstić information content (AvgIpc) is 2.55. The Kier molecular flexibility index (Phi) is 4.81. The van der Waals surface area contributed by atoms with Crippen molar-refractivity contribution in [3.63, 3.8) is 0 Å². The van der Waals surface area contributed by atoms with Crippen LogP contribution in [0.5, 0.6) is 5.75 Å². The monoisotopic (exact) mass is 335 g/mol. The fourth-order valence-electron chi connectivity index (χ4n) is 2.58. The summed E-state index contributed by atoms with van der Waals surface area (Å²) in [5.74, 6) is 0.378. The average molecular weight is 335 g/mol. The Morgan fingerprint density at radius 1 is 1.17 bits per heavy atom. The number of alkyl halides is 2. The van der Waals surface area contributed by atoms with Gasteiger partial charge < -0.3 is 10.1 Å². The van der Waals surface area contributed by atoms with Crippen LogP contribution in [0.1, 0.15) is 28.4 Å². The Bertz CT molecular complexity index is 708. The molecule has 0 saturated carbocycles. The molecular formula is C17H15F2NO2S. The first-order chi connectivity index (χ1) is 11.1. The second-order valence-corrected chi connectivity index (χ2v) is 6.21. The minimum atomic E-state index is -2.96. The lowest BCUT2D eigenvalue weighted by atomic mass is 10.0. The molecule has 0 aliphatic carbocycles. The second kappa shape index (κ2) is 7.00. The van der Waals surface area contributed by atoms with Crippen LogP contribution in [-0.2, 0) is 0 Å². The van der Waals surface area contributed by atoms with Crippen molar-refractivity contribution in [2.24, 2.45) is 0 Å². The van der Waals surface area contributed by atoms with Crippen LogP contribution >= 0.6 is 11.8 Å². The summed E-state index contributed by atoms with van der Waals surface area (Å²) in [6.45, 7) is -2.96. The third kappa shape index (κ3) is 3.64. The number of para-hydroxylation sites is 1. The number of amides is 1. The minimum absolute atomic E-state index is 0.113. The van der Waals surface area contributed by atoms with Gasteiger partial charge in [0.15, 0.2) is 0 Å². The number of hydrogen-bond acceptors (Lipinski definition) is 3. The van der Waals surface area contributed by atoms with Crippen molar-refractivity contribution in [1.82, 2.24) is 5.32 Å². The van der Waals surface area contributed by atoms with Crippen molar-refractivity contribution >= 4 is 17.7 Å². The summed E-state index contributed by atoms with van der Waals surface area (Å²) in [5.41, 5.74) is 1.17. The van der Waals surface area contributed by atoms with Gasteiger partial charge in [0, 0.05) is 10.6 Å². The summed E-state index contributed by atoms with van der Waals surface area (Å²) >= 11 is 1.75. The van der Waals surface area contributed by atoms with Gasteiger partial charge in [-0.05, 0) is 30.2 Å². The zero-order valence-electron chi connectivity index (χ0n) is 12.2. The maximum absolute atomic E-state index is 12.5. The molecule has 1 aliphatic rings. The summed E-state index contributed by atoms with van der Waals surface area (Å²) in [5, 5.41) is 2.93. The van der Waals surface area contributed by atoms with Crippen molar-refractivity contribution in [3.8, 4) is 5.75 Å². The SMILES string of the molecule is O=C(NC1CCSc2ccccc21)c1ccccc1OC(F)F. The molecule has 2 aromatic carbocycles. The zero-order valence-corrected chi connectivity index (χ0v) is 13.0. The molecule has 0 bridgehead atoms. The molecule has 0 radical (unpaired) electrons. The lowest BCUT2D eigenvalue weighted by molar-refractivity contribution is -0.0501. The van der Waals surface area contributed by atoms with Crippen molar-refractivity contribution < 1.29 is 18.3 Å². The van der Waals surface area contributed by atoms with Crippen LogP contribution in [0.25, 0.3) is 0 Å². The van der Waals surface area contributed by atoms with E-state index in [2.05, 4.69) is 10.1 Å². The van der Waals surface area contributed by atoms with Crippen LogP contribution in [0.4, 0.5) is 8.78 Å². The Balaban J connectivity index is 1.81. The first-order valence-electron chi connectivity index (χ1n) is 7.21. The van der Waals surface area contributed by atoms with Gasteiger partial charge in [-0.3, -0.25) is 4.79 Å². The lowest BCUT2D eigenvalue weighted by Gasteiger charge is -2.26. The van der Waals surface area contributed by atoms with E-state index in [4.69, 9.17) is 0 Å². The molecule has 1 unspecified atom stereocenters. The van der Waals surface area contributed by atoms with E-state index in [1.54, 1.807) is 23.9 Å². The molecule has 1 aliphatic heterocycles. The van der Waals surface area contributed by atoms with Gasteiger partial charge in [0.05, 0.1) is 11.6 Å². The number of ether oxygens (including phenoxy) is 1. The molecule has 1 N–H and O–H groups in total. The molecule has 1 atom stereocenters. The first-order valence-corrected chi connectivity index (χ1v) is 8.20. The van der Waals surface area contributed by atoms with E-state index in [1.165, 1.54) is 12.1 Å². The molecule has 6 heteroatoms. The summed E-state index contributed by atoms with van der Waals surface area (Å²) in [7, 11) is 0. The molecule has 3 rings (SSSR count). The van der Waals surface area contributed by atoms with E-state index in [0.29, 0.717) is 0 Å². The lowest BCUT2D eigenvalue weighted by Crippen LogP contribution is -2.31. The van der Waals surface area contributed by atoms with Crippen LogP contribution in [0.3, 0.4) is 0 Å². The summed E-state index contributed by atoms with van der Waals surface area (Å²) in [6.07, 6.45) is 0.797. The van der Waals surface area contributed by atoms with Gasteiger partial charge in [0.2, 0.25) is 0 Å². The summed E-state index contributed by atoms with van der Waals surface area (Å²) in [6, 6.07) is 13.8. The third-order valence-electron chi connectivity index (χ3n) is 3.61. The van der Waals surface area contributed by atoms with Gasteiger partial charge in [-0.2, -0.15) is 8.78 Å². The number of hydrogen-bond donors (Lipinski definition) is 1. The molecule has 0 fully saturated rings. The minimum Gasteiger partial charge on any atom is -0.434 e. The number of carbonyl (C=O) groups is 1. The molecule has 0 spiro atoms. The van der Waals surface area contributed by atoms with Crippen LogP contribution in [0.15, 0.2) is 53.4 Å². The summed E-state index contributed by atoms with van der Waals surface area (Å²) in [4.78, 5) is 13.6. The predicted molar refractivity (Wildman–Crippen MR) is 85.1 cm³/mol. The number of nitrogens with one attached hydrogen (secondary N) is 1. The van der Waals surface area contributed by atoms with Gasteiger partial charge in [0.1, 0.15) is 5.75 Å². The highest BCUT2D eigenvalue weighted by Gasteiger charge is 2.24. The third-order valence-corrected chi connectivity index (χ3v) is 4.73. The van der Waals surface area contributed by atoms with E-state index in [0.717, 1.165) is 22.6 Å². The number of benzene rings is 2. The van der Waals surface area contributed by atoms with Gasteiger partial charge in [-0.15, -0.1) is 11.8 Å². The number of thioether (sulfide) groups is 1. The number of fused-ring (bicyclic) bond motifs is 1.